The minimum atomic E-state index is -0.884. The van der Waals surface area contributed by atoms with Crippen molar-refractivity contribution in [3.8, 4) is 0 Å². The van der Waals surface area contributed by atoms with Crippen LogP contribution >= 0.6 is 11.6 Å². The molecule has 1 aliphatic rings. The molecule has 154 valence electrons. The van der Waals surface area contributed by atoms with Crippen LogP contribution in [0, 0.1) is 0 Å². The molecule has 1 aliphatic heterocycles. The fourth-order valence-corrected chi connectivity index (χ4v) is 2.84. The number of halogens is 1. The Morgan fingerprint density at radius 3 is 2.80 bits per heavy atom. The Morgan fingerprint density at radius 2 is 2.03 bits per heavy atom. The number of hydrogen-bond donors (Lipinski definition) is 4. The SMILES string of the molecule is CNC(=O)c1cccc(NC(=O)CC2N=C(N/N=C/c3ccccc3Cl)NC2=O)c1. The first-order valence-electron chi connectivity index (χ1n) is 9.00. The fourth-order valence-electron chi connectivity index (χ4n) is 2.65. The molecule has 0 bridgehead atoms. The van der Waals surface area contributed by atoms with E-state index in [2.05, 4.69) is 31.5 Å². The van der Waals surface area contributed by atoms with Gasteiger partial charge < -0.3 is 10.6 Å². The van der Waals surface area contributed by atoms with Gasteiger partial charge in [-0.3, -0.25) is 19.7 Å². The molecular formula is C20H19ClN6O3. The summed E-state index contributed by atoms with van der Waals surface area (Å²) in [6.07, 6.45) is 1.34. The van der Waals surface area contributed by atoms with Crippen LogP contribution in [0.5, 0.6) is 0 Å². The third kappa shape index (κ3) is 5.42. The van der Waals surface area contributed by atoms with Gasteiger partial charge in [0.1, 0.15) is 6.04 Å². The largest absolute Gasteiger partial charge is 0.355 e. The molecule has 3 amide bonds. The topological polar surface area (TPSA) is 124 Å². The maximum atomic E-state index is 12.3. The summed E-state index contributed by atoms with van der Waals surface area (Å²) in [4.78, 5) is 40.2. The van der Waals surface area contributed by atoms with Crippen molar-refractivity contribution in [3.05, 3.63) is 64.7 Å². The summed E-state index contributed by atoms with van der Waals surface area (Å²) < 4.78 is 0. The van der Waals surface area contributed by atoms with Crippen LogP contribution in [0.2, 0.25) is 5.02 Å². The Labute approximate surface area is 177 Å². The predicted molar refractivity (Wildman–Crippen MR) is 115 cm³/mol. The summed E-state index contributed by atoms with van der Waals surface area (Å²) in [6, 6.07) is 12.7. The van der Waals surface area contributed by atoms with Crippen LogP contribution < -0.4 is 21.4 Å². The van der Waals surface area contributed by atoms with Crippen molar-refractivity contribution < 1.29 is 14.4 Å². The molecule has 1 unspecified atom stereocenters. The van der Waals surface area contributed by atoms with Gasteiger partial charge in [-0.1, -0.05) is 35.9 Å². The van der Waals surface area contributed by atoms with E-state index in [0.717, 1.165) is 0 Å². The lowest BCUT2D eigenvalue weighted by Crippen LogP contribution is -2.35. The number of carbonyl (C=O) groups is 3. The van der Waals surface area contributed by atoms with Gasteiger partial charge in [-0.05, 0) is 24.3 Å². The number of amides is 3. The van der Waals surface area contributed by atoms with E-state index in [4.69, 9.17) is 11.6 Å². The number of benzene rings is 2. The van der Waals surface area contributed by atoms with E-state index in [1.54, 1.807) is 42.5 Å². The van der Waals surface area contributed by atoms with Crippen LogP contribution in [0.15, 0.2) is 58.6 Å². The number of nitrogens with one attached hydrogen (secondary N) is 4. The minimum absolute atomic E-state index is 0.141. The highest BCUT2D eigenvalue weighted by Crippen LogP contribution is 2.14. The van der Waals surface area contributed by atoms with Crippen molar-refractivity contribution >= 4 is 47.2 Å². The smallest absolute Gasteiger partial charge is 0.252 e. The normalized spacial score (nSPS) is 15.5. The Morgan fingerprint density at radius 1 is 1.23 bits per heavy atom. The lowest BCUT2D eigenvalue weighted by molar-refractivity contribution is -0.123. The molecule has 9 nitrogen and oxygen atoms in total. The van der Waals surface area contributed by atoms with Crippen molar-refractivity contribution in [1.82, 2.24) is 16.1 Å². The third-order valence-corrected chi connectivity index (χ3v) is 4.47. The number of guanidine groups is 1. The number of anilines is 1. The zero-order valence-electron chi connectivity index (χ0n) is 16.0. The van der Waals surface area contributed by atoms with Crippen LogP contribution in [0.25, 0.3) is 0 Å². The van der Waals surface area contributed by atoms with Gasteiger partial charge in [0.2, 0.25) is 11.9 Å². The van der Waals surface area contributed by atoms with Gasteiger partial charge in [-0.25, -0.2) is 10.4 Å². The van der Waals surface area contributed by atoms with Gasteiger partial charge >= 0.3 is 0 Å². The van der Waals surface area contributed by atoms with E-state index in [0.29, 0.717) is 21.8 Å². The summed E-state index contributed by atoms with van der Waals surface area (Å²) in [5.74, 6) is -0.949. The maximum absolute atomic E-state index is 12.3. The van der Waals surface area contributed by atoms with E-state index in [1.807, 2.05) is 6.07 Å². The third-order valence-electron chi connectivity index (χ3n) is 4.12. The molecule has 0 aromatic heterocycles. The van der Waals surface area contributed by atoms with Gasteiger partial charge in [0.25, 0.3) is 11.8 Å². The average Bonchev–Trinajstić information content (AvgIpc) is 3.08. The number of hydrogen-bond acceptors (Lipinski definition) is 6. The summed E-state index contributed by atoms with van der Waals surface area (Å²) >= 11 is 6.04. The summed E-state index contributed by atoms with van der Waals surface area (Å²) in [5.41, 5.74) is 4.18. The van der Waals surface area contributed by atoms with E-state index < -0.39 is 17.9 Å². The summed E-state index contributed by atoms with van der Waals surface area (Å²) in [5, 5.41) is 12.2. The number of rotatable bonds is 6. The quantitative estimate of drug-likeness (QED) is 0.412. The molecule has 3 rings (SSSR count). The lowest BCUT2D eigenvalue weighted by Gasteiger charge is -2.08. The standard InChI is InChI=1S/C20H19ClN6O3/c1-22-18(29)12-6-4-7-14(9-12)24-17(28)10-16-19(30)26-20(25-16)27-23-11-13-5-2-3-8-15(13)21/h2-9,11,16H,10H2,1H3,(H,22,29)(H,24,28)(H2,25,26,27,30)/b23-11+. The number of hydrazone groups is 1. The molecule has 0 saturated carbocycles. The highest BCUT2D eigenvalue weighted by atomic mass is 35.5. The van der Waals surface area contributed by atoms with Gasteiger partial charge in [0.15, 0.2) is 0 Å². The zero-order chi connectivity index (χ0) is 21.5. The molecule has 30 heavy (non-hydrogen) atoms. The molecule has 1 atom stereocenters. The molecule has 10 heteroatoms. The van der Waals surface area contributed by atoms with Gasteiger partial charge in [0.05, 0.1) is 12.6 Å². The Hall–Kier alpha value is -3.72. The minimum Gasteiger partial charge on any atom is -0.355 e. The highest BCUT2D eigenvalue weighted by molar-refractivity contribution is 6.33. The monoisotopic (exact) mass is 426 g/mol. The Bertz CT molecular complexity index is 1040. The molecule has 0 aliphatic carbocycles. The van der Waals surface area contributed by atoms with Crippen LogP contribution in [-0.4, -0.2) is 43.0 Å². The average molecular weight is 427 g/mol. The molecule has 4 N–H and O–H groups in total. The summed E-state index contributed by atoms with van der Waals surface area (Å²) in [7, 11) is 1.52. The van der Waals surface area contributed by atoms with E-state index in [1.165, 1.54) is 13.3 Å². The van der Waals surface area contributed by atoms with Crippen LogP contribution in [-0.2, 0) is 9.59 Å². The van der Waals surface area contributed by atoms with Crippen LogP contribution in [0.4, 0.5) is 5.69 Å². The van der Waals surface area contributed by atoms with Crippen LogP contribution in [0.3, 0.4) is 0 Å². The number of aliphatic imine (C=N–C) groups is 1. The second-order valence-corrected chi connectivity index (χ2v) is 6.69. The first kappa shape index (κ1) is 21.0. The summed E-state index contributed by atoms with van der Waals surface area (Å²) in [6.45, 7) is 0. The van der Waals surface area contributed by atoms with Crippen LogP contribution in [0.1, 0.15) is 22.3 Å². The molecule has 0 radical (unpaired) electrons. The van der Waals surface area contributed by atoms with E-state index >= 15 is 0 Å². The first-order chi connectivity index (χ1) is 14.5. The van der Waals surface area contributed by atoms with Gasteiger partial charge in [-0.2, -0.15) is 5.10 Å². The van der Waals surface area contributed by atoms with Gasteiger partial charge in [-0.15, -0.1) is 0 Å². The number of nitrogens with zero attached hydrogens (tertiary/aromatic N) is 2. The van der Waals surface area contributed by atoms with Crippen molar-refractivity contribution in [2.45, 2.75) is 12.5 Å². The maximum Gasteiger partial charge on any atom is 0.252 e. The highest BCUT2D eigenvalue weighted by Gasteiger charge is 2.28. The molecule has 0 spiro atoms. The van der Waals surface area contributed by atoms with Crippen molar-refractivity contribution in [1.29, 1.82) is 0 Å². The van der Waals surface area contributed by atoms with E-state index in [-0.39, 0.29) is 18.3 Å². The second-order valence-electron chi connectivity index (χ2n) is 6.29. The van der Waals surface area contributed by atoms with E-state index in [9.17, 15) is 14.4 Å². The fraction of sp³-hybridized carbons (Fsp3) is 0.150. The molecule has 1 heterocycles. The first-order valence-corrected chi connectivity index (χ1v) is 9.38. The Balaban J connectivity index is 1.57. The predicted octanol–water partition coefficient (Wildman–Crippen LogP) is 1.51. The molecule has 2 aromatic carbocycles. The molecule has 2 aromatic rings. The zero-order valence-corrected chi connectivity index (χ0v) is 16.7. The van der Waals surface area contributed by atoms with Crippen molar-refractivity contribution in [2.24, 2.45) is 10.1 Å². The molecule has 0 saturated heterocycles. The Kier molecular flexibility index (Phi) is 6.76. The molecular weight excluding hydrogens is 408 g/mol. The number of carbonyl (C=O) groups excluding carboxylic acids is 3. The van der Waals surface area contributed by atoms with Crippen molar-refractivity contribution in [3.63, 3.8) is 0 Å². The second kappa shape index (κ2) is 9.66. The van der Waals surface area contributed by atoms with Gasteiger partial charge in [0, 0.05) is 28.9 Å². The molecule has 0 fully saturated rings. The van der Waals surface area contributed by atoms with Crippen molar-refractivity contribution in [2.75, 3.05) is 12.4 Å². The lowest BCUT2D eigenvalue weighted by atomic mass is 10.1.